The Bertz CT molecular complexity index is 868. The molecular formula is C18H19N5O4. The van der Waals surface area contributed by atoms with Gasteiger partial charge in [-0.1, -0.05) is 18.2 Å². The van der Waals surface area contributed by atoms with Gasteiger partial charge in [-0.05, 0) is 18.2 Å². The molecule has 0 radical (unpaired) electrons. The van der Waals surface area contributed by atoms with Gasteiger partial charge in [-0.2, -0.15) is 5.10 Å². The minimum atomic E-state index is -0.375. The highest BCUT2D eigenvalue weighted by atomic mass is 16.2. The summed E-state index contributed by atoms with van der Waals surface area (Å²) in [7, 11) is 0. The van der Waals surface area contributed by atoms with Crippen molar-refractivity contribution in [2.45, 2.75) is 0 Å². The van der Waals surface area contributed by atoms with E-state index in [-0.39, 0.29) is 35.5 Å². The zero-order valence-corrected chi connectivity index (χ0v) is 14.6. The Labute approximate surface area is 155 Å². The SMILES string of the molecule is O=C(NCC(=O)N1CCN(C(=O)c2ccc(=O)[nH]n2)CC1)c1ccccc1. The van der Waals surface area contributed by atoms with E-state index in [1.165, 1.54) is 12.1 Å². The number of amides is 3. The quantitative estimate of drug-likeness (QED) is 0.753. The molecule has 0 atom stereocenters. The van der Waals surface area contributed by atoms with Crippen molar-refractivity contribution >= 4 is 17.7 Å². The minimum absolute atomic E-state index is 0.0941. The summed E-state index contributed by atoms with van der Waals surface area (Å²) < 4.78 is 0. The van der Waals surface area contributed by atoms with Crippen molar-refractivity contribution < 1.29 is 14.4 Å². The van der Waals surface area contributed by atoms with E-state index in [1.54, 1.807) is 34.1 Å². The fourth-order valence-electron chi connectivity index (χ4n) is 2.74. The van der Waals surface area contributed by atoms with Crippen molar-refractivity contribution in [3.63, 3.8) is 0 Å². The second kappa shape index (κ2) is 8.26. The summed E-state index contributed by atoms with van der Waals surface area (Å²) in [5, 5.41) is 8.57. The average molecular weight is 369 g/mol. The van der Waals surface area contributed by atoms with Crippen LogP contribution in [0.5, 0.6) is 0 Å². The van der Waals surface area contributed by atoms with Crippen LogP contribution in [0.15, 0.2) is 47.3 Å². The zero-order chi connectivity index (χ0) is 19.2. The van der Waals surface area contributed by atoms with Crippen LogP contribution in [0.4, 0.5) is 0 Å². The Morgan fingerprint density at radius 1 is 0.963 bits per heavy atom. The predicted molar refractivity (Wildman–Crippen MR) is 96.1 cm³/mol. The van der Waals surface area contributed by atoms with Crippen molar-refractivity contribution in [1.82, 2.24) is 25.3 Å². The number of nitrogens with one attached hydrogen (secondary N) is 2. The summed E-state index contributed by atoms with van der Waals surface area (Å²) in [6, 6.07) is 11.3. The van der Waals surface area contributed by atoms with E-state index >= 15 is 0 Å². The van der Waals surface area contributed by atoms with Crippen LogP contribution < -0.4 is 10.9 Å². The van der Waals surface area contributed by atoms with Crippen molar-refractivity contribution in [3.8, 4) is 0 Å². The third-order valence-corrected chi connectivity index (χ3v) is 4.25. The smallest absolute Gasteiger partial charge is 0.274 e. The average Bonchev–Trinajstić information content (AvgIpc) is 2.72. The van der Waals surface area contributed by atoms with Gasteiger partial charge in [0, 0.05) is 37.8 Å². The first-order valence-corrected chi connectivity index (χ1v) is 8.50. The molecule has 1 saturated heterocycles. The Morgan fingerprint density at radius 2 is 1.63 bits per heavy atom. The van der Waals surface area contributed by atoms with E-state index in [2.05, 4.69) is 15.5 Å². The van der Waals surface area contributed by atoms with Crippen LogP contribution in [-0.2, 0) is 4.79 Å². The van der Waals surface area contributed by atoms with E-state index in [0.29, 0.717) is 31.7 Å². The van der Waals surface area contributed by atoms with E-state index < -0.39 is 0 Å². The fraction of sp³-hybridized carbons (Fsp3) is 0.278. The maximum absolute atomic E-state index is 12.3. The van der Waals surface area contributed by atoms with Crippen LogP contribution in [0.25, 0.3) is 0 Å². The van der Waals surface area contributed by atoms with Gasteiger partial charge in [-0.25, -0.2) is 5.10 Å². The van der Waals surface area contributed by atoms with Crippen LogP contribution in [0.2, 0.25) is 0 Å². The lowest BCUT2D eigenvalue weighted by molar-refractivity contribution is -0.131. The Balaban J connectivity index is 1.47. The van der Waals surface area contributed by atoms with Gasteiger partial charge in [0.1, 0.15) is 5.69 Å². The Kier molecular flexibility index (Phi) is 5.60. The van der Waals surface area contributed by atoms with Gasteiger partial charge in [0.25, 0.3) is 17.4 Å². The van der Waals surface area contributed by atoms with Crippen LogP contribution in [0, 0.1) is 0 Å². The molecule has 3 amide bonds. The predicted octanol–water partition coefficient (Wildman–Crippen LogP) is -0.516. The maximum Gasteiger partial charge on any atom is 0.274 e. The van der Waals surface area contributed by atoms with E-state index in [0.717, 1.165) is 0 Å². The molecule has 3 rings (SSSR count). The molecule has 0 unspecified atom stereocenters. The van der Waals surface area contributed by atoms with Gasteiger partial charge in [-0.15, -0.1) is 0 Å². The highest BCUT2D eigenvalue weighted by Crippen LogP contribution is 2.06. The highest BCUT2D eigenvalue weighted by molar-refractivity contribution is 5.96. The largest absolute Gasteiger partial charge is 0.343 e. The molecule has 27 heavy (non-hydrogen) atoms. The fourth-order valence-corrected chi connectivity index (χ4v) is 2.74. The lowest BCUT2D eigenvalue weighted by Gasteiger charge is -2.34. The monoisotopic (exact) mass is 369 g/mol. The molecule has 2 N–H and O–H groups in total. The third-order valence-electron chi connectivity index (χ3n) is 4.25. The first kappa shape index (κ1) is 18.3. The van der Waals surface area contributed by atoms with E-state index in [9.17, 15) is 19.2 Å². The summed E-state index contributed by atoms with van der Waals surface area (Å²) >= 11 is 0. The number of hydrogen-bond acceptors (Lipinski definition) is 5. The molecule has 0 spiro atoms. The van der Waals surface area contributed by atoms with E-state index in [4.69, 9.17) is 0 Å². The second-order valence-corrected chi connectivity index (χ2v) is 6.03. The molecule has 0 aliphatic carbocycles. The maximum atomic E-state index is 12.3. The van der Waals surface area contributed by atoms with Crippen molar-refractivity contribution in [2.75, 3.05) is 32.7 Å². The highest BCUT2D eigenvalue weighted by Gasteiger charge is 2.25. The Morgan fingerprint density at radius 3 is 2.26 bits per heavy atom. The second-order valence-electron chi connectivity index (χ2n) is 6.03. The van der Waals surface area contributed by atoms with Crippen LogP contribution in [0.3, 0.4) is 0 Å². The van der Waals surface area contributed by atoms with Crippen LogP contribution in [0.1, 0.15) is 20.8 Å². The molecule has 9 nitrogen and oxygen atoms in total. The van der Waals surface area contributed by atoms with Gasteiger partial charge in [0.15, 0.2) is 0 Å². The summed E-state index contributed by atoms with van der Waals surface area (Å²) in [4.78, 5) is 50.8. The number of rotatable bonds is 4. The molecule has 1 aromatic carbocycles. The lowest BCUT2D eigenvalue weighted by Crippen LogP contribution is -2.52. The van der Waals surface area contributed by atoms with Crippen LogP contribution in [-0.4, -0.2) is 70.4 Å². The molecular weight excluding hydrogens is 350 g/mol. The van der Waals surface area contributed by atoms with Crippen molar-refractivity contribution in [2.24, 2.45) is 0 Å². The first-order valence-electron chi connectivity index (χ1n) is 8.50. The Hall–Kier alpha value is -3.49. The number of aromatic amines is 1. The standard InChI is InChI=1S/C18H19N5O4/c24-15-7-6-14(20-21-15)18(27)23-10-8-22(9-11-23)16(25)12-19-17(26)13-4-2-1-3-5-13/h1-7H,8-12H2,(H,19,26)(H,21,24). The molecule has 1 fully saturated rings. The molecule has 140 valence electrons. The number of carbonyl (C=O) groups excluding carboxylic acids is 3. The summed E-state index contributed by atoms with van der Waals surface area (Å²) in [6.07, 6.45) is 0. The number of H-pyrrole nitrogens is 1. The molecule has 1 aliphatic rings. The van der Waals surface area contributed by atoms with Crippen molar-refractivity contribution in [3.05, 3.63) is 64.1 Å². The molecule has 9 heteroatoms. The van der Waals surface area contributed by atoms with Crippen molar-refractivity contribution in [1.29, 1.82) is 0 Å². The first-order chi connectivity index (χ1) is 13.0. The number of nitrogens with zero attached hydrogens (tertiary/aromatic N) is 3. The molecule has 0 saturated carbocycles. The van der Waals surface area contributed by atoms with Gasteiger partial charge in [0.2, 0.25) is 5.91 Å². The van der Waals surface area contributed by atoms with Gasteiger partial charge < -0.3 is 15.1 Å². The molecule has 2 aromatic rings. The molecule has 0 bridgehead atoms. The topological polar surface area (TPSA) is 115 Å². The number of piperazine rings is 1. The summed E-state index contributed by atoms with van der Waals surface area (Å²) in [5.74, 6) is -0.800. The van der Waals surface area contributed by atoms with Gasteiger partial charge in [0.05, 0.1) is 6.54 Å². The zero-order valence-electron chi connectivity index (χ0n) is 14.6. The number of carbonyl (C=O) groups is 3. The summed E-state index contributed by atoms with van der Waals surface area (Å²) in [5.41, 5.74) is 0.276. The van der Waals surface area contributed by atoms with Gasteiger partial charge >= 0.3 is 0 Å². The number of hydrogen-bond donors (Lipinski definition) is 2. The minimum Gasteiger partial charge on any atom is -0.343 e. The van der Waals surface area contributed by atoms with E-state index in [1.807, 2.05) is 6.07 Å². The molecule has 2 heterocycles. The van der Waals surface area contributed by atoms with Gasteiger partial charge in [-0.3, -0.25) is 19.2 Å². The van der Waals surface area contributed by atoms with Crippen LogP contribution >= 0.6 is 0 Å². The third kappa shape index (κ3) is 4.57. The summed E-state index contributed by atoms with van der Waals surface area (Å²) in [6.45, 7) is 1.36. The number of aromatic nitrogens is 2. The number of benzene rings is 1. The molecule has 1 aliphatic heterocycles. The molecule has 1 aromatic heterocycles. The normalized spacial score (nSPS) is 13.9. The lowest BCUT2D eigenvalue weighted by atomic mass is 10.2.